The molecular weight excluding hydrogens is 260 g/mol. The molecule has 0 aliphatic rings. The van der Waals surface area contributed by atoms with Crippen molar-refractivity contribution < 1.29 is 14.3 Å². The molecule has 0 bridgehead atoms. The Balaban J connectivity index is 2.81. The topological polar surface area (TPSA) is 35.5 Å². The molecular formula is C11H13BrO3. The van der Waals surface area contributed by atoms with Gasteiger partial charge in [-0.2, -0.15) is 0 Å². The standard InChI is InChI=1S/C11H13BrO3/c1-7-4-8(2)11(9(12)5-7)15-6-10(13)14-3/h4-5H,6H2,1-3H3. The van der Waals surface area contributed by atoms with Gasteiger partial charge in [-0.1, -0.05) is 6.07 Å². The van der Waals surface area contributed by atoms with Gasteiger partial charge in [-0.05, 0) is 47.0 Å². The highest BCUT2D eigenvalue weighted by atomic mass is 79.9. The summed E-state index contributed by atoms with van der Waals surface area (Å²) in [7, 11) is 1.34. The lowest BCUT2D eigenvalue weighted by Crippen LogP contribution is -2.13. The smallest absolute Gasteiger partial charge is 0.343 e. The zero-order valence-corrected chi connectivity index (χ0v) is 10.6. The predicted molar refractivity (Wildman–Crippen MR) is 61.1 cm³/mol. The van der Waals surface area contributed by atoms with Crippen LogP contribution in [0.3, 0.4) is 0 Å². The molecule has 0 heterocycles. The number of ether oxygens (including phenoxy) is 2. The number of carbonyl (C=O) groups is 1. The Morgan fingerprint density at radius 2 is 2.07 bits per heavy atom. The van der Waals surface area contributed by atoms with Gasteiger partial charge in [0.15, 0.2) is 6.61 Å². The fourth-order valence-corrected chi connectivity index (χ4v) is 2.06. The first-order chi connectivity index (χ1) is 7.04. The van der Waals surface area contributed by atoms with Crippen LogP contribution < -0.4 is 4.74 Å². The number of benzene rings is 1. The monoisotopic (exact) mass is 272 g/mol. The van der Waals surface area contributed by atoms with Gasteiger partial charge < -0.3 is 9.47 Å². The number of aryl methyl sites for hydroxylation is 2. The molecule has 1 rings (SSSR count). The Morgan fingerprint density at radius 3 is 2.60 bits per heavy atom. The second-order valence-corrected chi connectivity index (χ2v) is 4.11. The van der Waals surface area contributed by atoms with Crippen LogP contribution in [0, 0.1) is 13.8 Å². The van der Waals surface area contributed by atoms with Crippen molar-refractivity contribution in [3.63, 3.8) is 0 Å². The van der Waals surface area contributed by atoms with Crippen LogP contribution in [0.4, 0.5) is 0 Å². The van der Waals surface area contributed by atoms with Crippen LogP contribution in [0.1, 0.15) is 11.1 Å². The van der Waals surface area contributed by atoms with Crippen LogP contribution in [0.15, 0.2) is 16.6 Å². The molecule has 0 unspecified atom stereocenters. The maximum atomic E-state index is 10.9. The summed E-state index contributed by atoms with van der Waals surface area (Å²) in [5, 5.41) is 0. The fraction of sp³-hybridized carbons (Fsp3) is 0.364. The largest absolute Gasteiger partial charge is 0.480 e. The van der Waals surface area contributed by atoms with E-state index in [9.17, 15) is 4.79 Å². The van der Waals surface area contributed by atoms with Gasteiger partial charge in [-0.15, -0.1) is 0 Å². The highest BCUT2D eigenvalue weighted by Gasteiger charge is 2.08. The van der Waals surface area contributed by atoms with Gasteiger partial charge >= 0.3 is 5.97 Å². The van der Waals surface area contributed by atoms with Crippen molar-refractivity contribution in [1.29, 1.82) is 0 Å². The number of hydrogen-bond acceptors (Lipinski definition) is 3. The minimum atomic E-state index is -0.387. The first-order valence-corrected chi connectivity index (χ1v) is 5.30. The van der Waals surface area contributed by atoms with E-state index in [2.05, 4.69) is 20.7 Å². The molecule has 1 aromatic carbocycles. The summed E-state index contributed by atoms with van der Waals surface area (Å²) >= 11 is 3.39. The second kappa shape index (κ2) is 5.16. The van der Waals surface area contributed by atoms with E-state index in [-0.39, 0.29) is 12.6 Å². The van der Waals surface area contributed by atoms with E-state index in [0.717, 1.165) is 15.6 Å². The summed E-state index contributed by atoms with van der Waals surface area (Å²) in [4.78, 5) is 10.9. The van der Waals surface area contributed by atoms with E-state index in [4.69, 9.17) is 4.74 Å². The quantitative estimate of drug-likeness (QED) is 0.794. The Bertz CT molecular complexity index is 351. The molecule has 15 heavy (non-hydrogen) atoms. The average Bonchev–Trinajstić information content (AvgIpc) is 2.15. The van der Waals surface area contributed by atoms with Crippen LogP contribution in [0.2, 0.25) is 0 Å². The van der Waals surface area contributed by atoms with Gasteiger partial charge in [-0.25, -0.2) is 4.79 Å². The molecule has 0 N–H and O–H groups in total. The molecule has 0 amide bonds. The molecule has 0 fully saturated rings. The number of esters is 1. The third-order valence-electron chi connectivity index (χ3n) is 1.94. The summed E-state index contributed by atoms with van der Waals surface area (Å²) in [6, 6.07) is 3.94. The Hall–Kier alpha value is -1.03. The Morgan fingerprint density at radius 1 is 1.40 bits per heavy atom. The van der Waals surface area contributed by atoms with Gasteiger partial charge in [0, 0.05) is 0 Å². The second-order valence-electron chi connectivity index (χ2n) is 3.26. The van der Waals surface area contributed by atoms with Gasteiger partial charge in [0.25, 0.3) is 0 Å². The minimum Gasteiger partial charge on any atom is -0.480 e. The van der Waals surface area contributed by atoms with Gasteiger partial charge in [0.1, 0.15) is 5.75 Å². The summed E-state index contributed by atoms with van der Waals surface area (Å²) in [5.74, 6) is 0.299. The lowest BCUT2D eigenvalue weighted by atomic mass is 10.1. The van der Waals surface area contributed by atoms with Crippen molar-refractivity contribution in [2.75, 3.05) is 13.7 Å². The van der Waals surface area contributed by atoms with E-state index in [1.807, 2.05) is 26.0 Å². The molecule has 0 saturated heterocycles. The third-order valence-corrected chi connectivity index (χ3v) is 2.52. The SMILES string of the molecule is COC(=O)COc1c(C)cc(C)cc1Br. The van der Waals surface area contributed by atoms with Crippen molar-refractivity contribution in [1.82, 2.24) is 0 Å². The van der Waals surface area contributed by atoms with E-state index in [0.29, 0.717) is 5.75 Å². The van der Waals surface area contributed by atoms with Crippen molar-refractivity contribution in [3.05, 3.63) is 27.7 Å². The van der Waals surface area contributed by atoms with Gasteiger partial charge in [0.05, 0.1) is 11.6 Å². The summed E-state index contributed by atoms with van der Waals surface area (Å²) < 4.78 is 10.7. The minimum absolute atomic E-state index is 0.0704. The molecule has 0 atom stereocenters. The molecule has 0 saturated carbocycles. The average molecular weight is 273 g/mol. The zero-order valence-electron chi connectivity index (χ0n) is 8.96. The van der Waals surface area contributed by atoms with E-state index >= 15 is 0 Å². The molecule has 0 radical (unpaired) electrons. The maximum Gasteiger partial charge on any atom is 0.343 e. The van der Waals surface area contributed by atoms with Crippen LogP contribution in [0.25, 0.3) is 0 Å². The summed E-state index contributed by atoms with van der Waals surface area (Å²) in [6.45, 7) is 3.87. The van der Waals surface area contributed by atoms with Gasteiger partial charge in [-0.3, -0.25) is 0 Å². The molecule has 0 aromatic heterocycles. The Kier molecular flexibility index (Phi) is 4.15. The third kappa shape index (κ3) is 3.23. The number of hydrogen-bond donors (Lipinski definition) is 0. The Labute approximate surface area is 97.5 Å². The van der Waals surface area contributed by atoms with E-state index < -0.39 is 0 Å². The van der Waals surface area contributed by atoms with Crippen molar-refractivity contribution >= 4 is 21.9 Å². The lowest BCUT2D eigenvalue weighted by Gasteiger charge is -2.10. The number of carbonyl (C=O) groups excluding carboxylic acids is 1. The summed E-state index contributed by atoms with van der Waals surface area (Å²) in [6.07, 6.45) is 0. The van der Waals surface area contributed by atoms with Crippen LogP contribution in [-0.4, -0.2) is 19.7 Å². The normalized spacial score (nSPS) is 9.87. The maximum absolute atomic E-state index is 10.9. The number of methoxy groups -OCH3 is 1. The van der Waals surface area contributed by atoms with Crippen LogP contribution in [-0.2, 0) is 9.53 Å². The molecule has 0 spiro atoms. The highest BCUT2D eigenvalue weighted by Crippen LogP contribution is 2.30. The van der Waals surface area contributed by atoms with Gasteiger partial charge in [0.2, 0.25) is 0 Å². The number of rotatable bonds is 3. The number of halogens is 1. The molecule has 82 valence electrons. The first-order valence-electron chi connectivity index (χ1n) is 4.51. The van der Waals surface area contributed by atoms with Crippen molar-refractivity contribution in [2.45, 2.75) is 13.8 Å². The zero-order chi connectivity index (χ0) is 11.4. The van der Waals surface area contributed by atoms with E-state index in [1.165, 1.54) is 7.11 Å². The highest BCUT2D eigenvalue weighted by molar-refractivity contribution is 9.10. The predicted octanol–water partition coefficient (Wildman–Crippen LogP) is 2.62. The summed E-state index contributed by atoms with van der Waals surface area (Å²) in [5.41, 5.74) is 2.13. The van der Waals surface area contributed by atoms with Crippen molar-refractivity contribution in [3.8, 4) is 5.75 Å². The molecule has 4 heteroatoms. The molecule has 0 aliphatic heterocycles. The first kappa shape index (κ1) is 12.0. The molecule has 1 aromatic rings. The van der Waals surface area contributed by atoms with Crippen LogP contribution in [0.5, 0.6) is 5.75 Å². The van der Waals surface area contributed by atoms with Crippen molar-refractivity contribution in [2.24, 2.45) is 0 Å². The molecule has 0 aliphatic carbocycles. The van der Waals surface area contributed by atoms with Crippen LogP contribution >= 0.6 is 15.9 Å². The van der Waals surface area contributed by atoms with E-state index in [1.54, 1.807) is 0 Å². The fourth-order valence-electron chi connectivity index (χ4n) is 1.28. The molecule has 3 nitrogen and oxygen atoms in total. The lowest BCUT2D eigenvalue weighted by molar-refractivity contribution is -0.142.